The molecule has 0 unspecified atom stereocenters. The highest BCUT2D eigenvalue weighted by molar-refractivity contribution is 7.16. The van der Waals surface area contributed by atoms with Crippen molar-refractivity contribution in [3.8, 4) is 5.75 Å². The van der Waals surface area contributed by atoms with E-state index in [1.165, 1.54) is 16.0 Å². The van der Waals surface area contributed by atoms with Crippen molar-refractivity contribution in [2.24, 2.45) is 5.10 Å². The summed E-state index contributed by atoms with van der Waals surface area (Å²) in [6.45, 7) is 1.74. The average molecular weight is 285 g/mol. The van der Waals surface area contributed by atoms with E-state index in [2.05, 4.69) is 10.1 Å². The number of hydrogen-bond donors (Lipinski definition) is 1. The number of aromatic nitrogens is 2. The Hall–Kier alpha value is -2.47. The molecule has 0 amide bonds. The fourth-order valence-electron chi connectivity index (χ4n) is 1.83. The van der Waals surface area contributed by atoms with E-state index in [0.29, 0.717) is 11.2 Å². The fraction of sp³-hybridized carbons (Fsp3) is 0.0714. The standard InChI is InChI=1S/C14H11N3O2S/c1-9-16-13-12(6-7-20-13)14(19)17(9)15-8-10-2-4-11(18)5-3-10/h2-8,18H,1H3/b15-8+. The van der Waals surface area contributed by atoms with E-state index >= 15 is 0 Å². The van der Waals surface area contributed by atoms with E-state index in [4.69, 9.17) is 0 Å². The van der Waals surface area contributed by atoms with Gasteiger partial charge in [-0.25, -0.2) is 4.98 Å². The van der Waals surface area contributed by atoms with Gasteiger partial charge in [0.15, 0.2) is 0 Å². The molecule has 2 aromatic heterocycles. The van der Waals surface area contributed by atoms with Gasteiger partial charge in [0, 0.05) is 0 Å². The van der Waals surface area contributed by atoms with Crippen molar-refractivity contribution in [2.75, 3.05) is 0 Å². The van der Waals surface area contributed by atoms with Gasteiger partial charge in [0.05, 0.1) is 11.6 Å². The molecular formula is C14H11N3O2S. The van der Waals surface area contributed by atoms with Crippen LogP contribution in [0.15, 0.2) is 45.6 Å². The lowest BCUT2D eigenvalue weighted by Gasteiger charge is -2.02. The van der Waals surface area contributed by atoms with Gasteiger partial charge < -0.3 is 5.11 Å². The summed E-state index contributed by atoms with van der Waals surface area (Å²) in [5.74, 6) is 0.733. The smallest absolute Gasteiger partial charge is 0.282 e. The van der Waals surface area contributed by atoms with Crippen LogP contribution in [0.1, 0.15) is 11.4 Å². The normalized spacial score (nSPS) is 11.4. The Bertz CT molecular complexity index is 847. The third-order valence-corrected chi connectivity index (χ3v) is 3.66. The van der Waals surface area contributed by atoms with Crippen LogP contribution >= 0.6 is 11.3 Å². The molecule has 0 spiro atoms. The third-order valence-electron chi connectivity index (χ3n) is 2.85. The fourth-order valence-corrected chi connectivity index (χ4v) is 2.63. The van der Waals surface area contributed by atoms with Crippen LogP contribution in [0.2, 0.25) is 0 Å². The second-order valence-corrected chi connectivity index (χ2v) is 5.15. The van der Waals surface area contributed by atoms with E-state index in [0.717, 1.165) is 10.4 Å². The van der Waals surface area contributed by atoms with Crippen LogP contribution in [-0.4, -0.2) is 21.0 Å². The summed E-state index contributed by atoms with van der Waals surface area (Å²) < 4.78 is 1.28. The molecule has 0 radical (unpaired) electrons. The first-order chi connectivity index (χ1) is 9.65. The van der Waals surface area contributed by atoms with Crippen molar-refractivity contribution in [3.63, 3.8) is 0 Å². The maximum atomic E-state index is 12.3. The highest BCUT2D eigenvalue weighted by Crippen LogP contribution is 2.15. The Balaban J connectivity index is 2.06. The van der Waals surface area contributed by atoms with Crippen LogP contribution in [-0.2, 0) is 0 Å². The molecule has 100 valence electrons. The van der Waals surface area contributed by atoms with E-state index < -0.39 is 0 Å². The van der Waals surface area contributed by atoms with Crippen molar-refractivity contribution < 1.29 is 5.11 Å². The minimum atomic E-state index is -0.177. The summed E-state index contributed by atoms with van der Waals surface area (Å²) >= 11 is 1.44. The van der Waals surface area contributed by atoms with Gasteiger partial charge in [-0.15, -0.1) is 11.3 Å². The predicted molar refractivity (Wildman–Crippen MR) is 79.7 cm³/mol. The highest BCUT2D eigenvalue weighted by atomic mass is 32.1. The van der Waals surface area contributed by atoms with Crippen LogP contribution in [0.5, 0.6) is 5.75 Å². The minimum absolute atomic E-state index is 0.177. The van der Waals surface area contributed by atoms with Gasteiger partial charge in [0.25, 0.3) is 5.56 Å². The molecule has 3 aromatic rings. The van der Waals surface area contributed by atoms with Crippen molar-refractivity contribution in [1.29, 1.82) is 0 Å². The lowest BCUT2D eigenvalue weighted by atomic mass is 10.2. The molecule has 0 saturated heterocycles. The quantitative estimate of drug-likeness (QED) is 0.735. The second-order valence-electron chi connectivity index (χ2n) is 4.25. The molecule has 1 N–H and O–H groups in total. The number of phenols is 1. The van der Waals surface area contributed by atoms with Crippen LogP contribution in [0.4, 0.5) is 0 Å². The van der Waals surface area contributed by atoms with Crippen LogP contribution in [0.25, 0.3) is 10.2 Å². The Morgan fingerprint density at radius 2 is 2.05 bits per heavy atom. The number of fused-ring (bicyclic) bond motifs is 1. The van der Waals surface area contributed by atoms with E-state index in [9.17, 15) is 9.90 Å². The molecule has 0 saturated carbocycles. The molecule has 0 bridgehead atoms. The molecule has 5 nitrogen and oxygen atoms in total. The molecular weight excluding hydrogens is 274 g/mol. The van der Waals surface area contributed by atoms with Gasteiger partial charge in [-0.2, -0.15) is 9.78 Å². The SMILES string of the molecule is Cc1nc2sccc2c(=O)n1/N=C/c1ccc(O)cc1. The summed E-state index contributed by atoms with van der Waals surface area (Å²) in [5.41, 5.74) is 0.614. The number of aromatic hydroxyl groups is 1. The Morgan fingerprint density at radius 1 is 1.30 bits per heavy atom. The van der Waals surface area contributed by atoms with E-state index in [1.807, 2.05) is 5.38 Å². The van der Waals surface area contributed by atoms with E-state index in [-0.39, 0.29) is 11.3 Å². The Kier molecular flexibility index (Phi) is 3.08. The number of hydrogen-bond acceptors (Lipinski definition) is 5. The van der Waals surface area contributed by atoms with Crippen molar-refractivity contribution in [1.82, 2.24) is 9.66 Å². The van der Waals surface area contributed by atoms with Gasteiger partial charge in [-0.05, 0) is 48.2 Å². The number of nitrogens with zero attached hydrogens (tertiary/aromatic N) is 3. The number of aryl methyl sites for hydroxylation is 1. The summed E-state index contributed by atoms with van der Waals surface area (Å²) in [7, 11) is 0. The number of rotatable bonds is 2. The zero-order valence-corrected chi connectivity index (χ0v) is 11.5. The lowest BCUT2D eigenvalue weighted by Crippen LogP contribution is -2.19. The average Bonchev–Trinajstić information content (AvgIpc) is 2.89. The summed E-state index contributed by atoms with van der Waals surface area (Å²) in [4.78, 5) is 17.3. The van der Waals surface area contributed by atoms with Crippen molar-refractivity contribution >= 4 is 27.8 Å². The summed E-state index contributed by atoms with van der Waals surface area (Å²) in [5, 5.41) is 15.8. The lowest BCUT2D eigenvalue weighted by molar-refractivity contribution is 0.475. The maximum absolute atomic E-state index is 12.3. The molecule has 6 heteroatoms. The Labute approximate surface area is 118 Å². The predicted octanol–water partition coefficient (Wildman–Crippen LogP) is 2.35. The van der Waals surface area contributed by atoms with Gasteiger partial charge in [-0.3, -0.25) is 4.79 Å². The van der Waals surface area contributed by atoms with Gasteiger partial charge in [0.2, 0.25) is 0 Å². The molecule has 20 heavy (non-hydrogen) atoms. The number of phenolic OH excluding ortho intramolecular Hbond substituents is 1. The summed E-state index contributed by atoms with van der Waals surface area (Å²) in [6.07, 6.45) is 1.56. The largest absolute Gasteiger partial charge is 0.508 e. The maximum Gasteiger partial charge on any atom is 0.282 e. The molecule has 0 atom stereocenters. The number of thiophene rings is 1. The minimum Gasteiger partial charge on any atom is -0.508 e. The molecule has 0 fully saturated rings. The first kappa shape index (κ1) is 12.6. The molecule has 1 aromatic carbocycles. The van der Waals surface area contributed by atoms with Crippen molar-refractivity contribution in [2.45, 2.75) is 6.92 Å². The van der Waals surface area contributed by atoms with E-state index in [1.54, 1.807) is 43.5 Å². The van der Waals surface area contributed by atoms with Crippen LogP contribution < -0.4 is 5.56 Å². The number of benzene rings is 1. The molecule has 0 aliphatic rings. The first-order valence-corrected chi connectivity index (χ1v) is 6.83. The summed E-state index contributed by atoms with van der Waals surface area (Å²) in [6, 6.07) is 8.32. The van der Waals surface area contributed by atoms with Gasteiger partial charge in [-0.1, -0.05) is 0 Å². The third kappa shape index (κ3) is 2.21. The molecule has 0 aliphatic heterocycles. The molecule has 0 aliphatic carbocycles. The van der Waals surface area contributed by atoms with Gasteiger partial charge >= 0.3 is 0 Å². The highest BCUT2D eigenvalue weighted by Gasteiger charge is 2.07. The first-order valence-electron chi connectivity index (χ1n) is 5.95. The van der Waals surface area contributed by atoms with Crippen LogP contribution in [0, 0.1) is 6.92 Å². The monoisotopic (exact) mass is 285 g/mol. The van der Waals surface area contributed by atoms with Crippen molar-refractivity contribution in [3.05, 3.63) is 57.5 Å². The topological polar surface area (TPSA) is 67.5 Å². The second kappa shape index (κ2) is 4.90. The zero-order chi connectivity index (χ0) is 14.1. The zero-order valence-electron chi connectivity index (χ0n) is 10.6. The van der Waals surface area contributed by atoms with Gasteiger partial charge in [0.1, 0.15) is 16.4 Å². The molecule has 3 rings (SSSR count). The molecule has 2 heterocycles. The van der Waals surface area contributed by atoms with Crippen LogP contribution in [0.3, 0.4) is 0 Å². The Morgan fingerprint density at radius 3 is 2.80 bits per heavy atom.